The Balaban J connectivity index is 1.84. The van der Waals surface area contributed by atoms with Crippen molar-refractivity contribution in [3.8, 4) is 0 Å². The van der Waals surface area contributed by atoms with E-state index in [1.807, 2.05) is 4.90 Å². The van der Waals surface area contributed by atoms with E-state index in [9.17, 15) is 4.79 Å². The number of nitrogens with one attached hydrogen (secondary N) is 1. The molecule has 0 spiro atoms. The van der Waals surface area contributed by atoms with E-state index in [-0.39, 0.29) is 17.4 Å². The lowest BCUT2D eigenvalue weighted by molar-refractivity contribution is 0.0533. The molecule has 2 heterocycles. The summed E-state index contributed by atoms with van der Waals surface area (Å²) in [7, 11) is 0. The lowest BCUT2D eigenvalue weighted by Crippen LogP contribution is -2.54. The molecule has 0 bridgehead atoms. The third kappa shape index (κ3) is 3.95. The van der Waals surface area contributed by atoms with Crippen LogP contribution in [0.4, 0.5) is 11.5 Å². The van der Waals surface area contributed by atoms with Crippen LogP contribution in [0, 0.1) is 5.41 Å². The molecule has 1 saturated heterocycles. The lowest BCUT2D eigenvalue weighted by Gasteiger charge is -2.42. The number of hydrogen-bond donors (Lipinski definition) is 2. The summed E-state index contributed by atoms with van der Waals surface area (Å²) in [5, 5.41) is 4.07. The van der Waals surface area contributed by atoms with Gasteiger partial charge in [0.25, 0.3) is 5.91 Å². The van der Waals surface area contributed by atoms with Gasteiger partial charge in [-0.15, -0.1) is 0 Å². The molecule has 1 aliphatic rings. The Morgan fingerprint density at radius 2 is 2.08 bits per heavy atom. The van der Waals surface area contributed by atoms with E-state index < -0.39 is 0 Å². The van der Waals surface area contributed by atoms with Crippen molar-refractivity contribution in [1.82, 2.24) is 9.88 Å². The molecular weight excluding hydrogens is 371 g/mol. The maximum atomic E-state index is 13.1. The van der Waals surface area contributed by atoms with E-state index in [0.29, 0.717) is 40.2 Å². The quantitative estimate of drug-likeness (QED) is 0.814. The van der Waals surface area contributed by atoms with Crippen LogP contribution in [0.25, 0.3) is 0 Å². The number of piperidine rings is 1. The molecule has 1 aromatic carbocycles. The first-order valence-corrected chi connectivity index (χ1v) is 9.25. The molecular formula is C19H22Cl2N4O. The first kappa shape index (κ1) is 19.0. The number of carbonyl (C=O) groups is 1. The number of hydrogen-bond acceptors (Lipinski definition) is 4. The van der Waals surface area contributed by atoms with Gasteiger partial charge in [-0.25, -0.2) is 4.98 Å². The van der Waals surface area contributed by atoms with Crippen LogP contribution in [-0.4, -0.2) is 34.9 Å². The van der Waals surface area contributed by atoms with Crippen LogP contribution in [0.3, 0.4) is 0 Å². The summed E-state index contributed by atoms with van der Waals surface area (Å²) in [4.78, 5) is 19.3. The first-order valence-electron chi connectivity index (χ1n) is 8.50. The number of likely N-dealkylation sites (tertiary alicyclic amines) is 1. The van der Waals surface area contributed by atoms with Gasteiger partial charge in [-0.3, -0.25) is 4.79 Å². The maximum absolute atomic E-state index is 13.1. The topological polar surface area (TPSA) is 71.2 Å². The summed E-state index contributed by atoms with van der Waals surface area (Å²) >= 11 is 12.0. The summed E-state index contributed by atoms with van der Waals surface area (Å²) in [5.41, 5.74) is 7.30. The molecule has 0 radical (unpaired) electrons. The van der Waals surface area contributed by atoms with E-state index >= 15 is 0 Å². The van der Waals surface area contributed by atoms with E-state index in [1.54, 1.807) is 36.5 Å². The predicted molar refractivity (Wildman–Crippen MR) is 106 cm³/mol. The van der Waals surface area contributed by atoms with Gasteiger partial charge in [-0.2, -0.15) is 0 Å². The fourth-order valence-electron chi connectivity index (χ4n) is 3.11. The van der Waals surface area contributed by atoms with E-state index in [2.05, 4.69) is 24.1 Å². The Labute approximate surface area is 163 Å². The highest BCUT2D eigenvalue weighted by molar-refractivity contribution is 6.42. The van der Waals surface area contributed by atoms with Gasteiger partial charge >= 0.3 is 0 Å². The normalized spacial score (nSPS) is 19.3. The Hall–Kier alpha value is -1.82. The summed E-state index contributed by atoms with van der Waals surface area (Å²) in [5.74, 6) is 0.434. The van der Waals surface area contributed by atoms with Crippen molar-refractivity contribution in [1.29, 1.82) is 0 Å². The molecule has 7 heteroatoms. The summed E-state index contributed by atoms with van der Waals surface area (Å²) in [6.07, 6.45) is 2.43. The van der Waals surface area contributed by atoms with Crippen molar-refractivity contribution < 1.29 is 4.79 Å². The number of amides is 1. The molecule has 1 aliphatic heterocycles. The Morgan fingerprint density at radius 1 is 1.31 bits per heavy atom. The molecule has 3 rings (SSSR count). The third-order valence-corrected chi connectivity index (χ3v) is 5.56. The van der Waals surface area contributed by atoms with Crippen molar-refractivity contribution >= 4 is 40.6 Å². The summed E-state index contributed by atoms with van der Waals surface area (Å²) < 4.78 is 0. The standard InChI is InChI=1S/C19H22Cl2N4O/c1-19(2)11-25(9-7-16(19)22)18(26)13-4-3-8-23-17(13)24-12-5-6-14(20)15(21)10-12/h3-6,8,10,16H,7,9,11,22H2,1-2H3,(H,23,24). The molecule has 5 nitrogen and oxygen atoms in total. The largest absolute Gasteiger partial charge is 0.340 e. The minimum absolute atomic E-state index is 0.0550. The third-order valence-electron chi connectivity index (χ3n) is 4.82. The second-order valence-corrected chi connectivity index (χ2v) is 8.08. The molecule has 0 saturated carbocycles. The van der Waals surface area contributed by atoms with Crippen LogP contribution in [-0.2, 0) is 0 Å². The summed E-state index contributed by atoms with van der Waals surface area (Å²) in [6, 6.07) is 8.82. The van der Waals surface area contributed by atoms with Crippen LogP contribution in [0.15, 0.2) is 36.5 Å². The highest BCUT2D eigenvalue weighted by atomic mass is 35.5. The van der Waals surface area contributed by atoms with Crippen molar-refractivity contribution in [2.45, 2.75) is 26.3 Å². The van der Waals surface area contributed by atoms with E-state index in [0.717, 1.165) is 6.42 Å². The van der Waals surface area contributed by atoms with Crippen molar-refractivity contribution in [3.63, 3.8) is 0 Å². The predicted octanol–water partition coefficient (Wildman–Crippen LogP) is 4.33. The van der Waals surface area contributed by atoms with Crippen molar-refractivity contribution in [3.05, 3.63) is 52.1 Å². The van der Waals surface area contributed by atoms with Crippen LogP contribution >= 0.6 is 23.2 Å². The van der Waals surface area contributed by atoms with E-state index in [1.165, 1.54) is 0 Å². The fourth-order valence-corrected chi connectivity index (χ4v) is 3.40. The average molecular weight is 393 g/mol. The molecule has 138 valence electrons. The minimum atomic E-state index is -0.118. The van der Waals surface area contributed by atoms with Crippen molar-refractivity contribution in [2.75, 3.05) is 18.4 Å². The van der Waals surface area contributed by atoms with Gasteiger partial charge in [0, 0.05) is 31.0 Å². The second-order valence-electron chi connectivity index (χ2n) is 7.26. The molecule has 0 aliphatic carbocycles. The Morgan fingerprint density at radius 3 is 2.77 bits per heavy atom. The Bertz CT molecular complexity index is 825. The minimum Gasteiger partial charge on any atom is -0.340 e. The molecule has 1 atom stereocenters. The number of aromatic nitrogens is 1. The van der Waals surface area contributed by atoms with Gasteiger partial charge in [0.2, 0.25) is 0 Å². The van der Waals surface area contributed by atoms with Gasteiger partial charge in [0.05, 0.1) is 15.6 Å². The zero-order valence-corrected chi connectivity index (χ0v) is 16.3. The number of pyridine rings is 1. The smallest absolute Gasteiger partial charge is 0.257 e. The first-order chi connectivity index (χ1) is 12.3. The van der Waals surface area contributed by atoms with Gasteiger partial charge < -0.3 is 16.0 Å². The zero-order valence-electron chi connectivity index (χ0n) is 14.8. The van der Waals surface area contributed by atoms with Gasteiger partial charge in [-0.1, -0.05) is 37.0 Å². The fraction of sp³-hybridized carbons (Fsp3) is 0.368. The van der Waals surface area contributed by atoms with Crippen LogP contribution < -0.4 is 11.1 Å². The molecule has 1 aromatic heterocycles. The van der Waals surface area contributed by atoms with Crippen LogP contribution in [0.5, 0.6) is 0 Å². The number of rotatable bonds is 3. The monoisotopic (exact) mass is 392 g/mol. The molecule has 3 N–H and O–H groups in total. The summed E-state index contributed by atoms with van der Waals surface area (Å²) in [6.45, 7) is 5.45. The molecule has 2 aromatic rings. The molecule has 1 amide bonds. The Kier molecular flexibility index (Phi) is 5.42. The molecule has 1 fully saturated rings. The highest BCUT2D eigenvalue weighted by Crippen LogP contribution is 2.31. The number of halogens is 2. The maximum Gasteiger partial charge on any atom is 0.257 e. The number of anilines is 2. The van der Waals surface area contributed by atoms with Gasteiger partial charge in [-0.05, 0) is 42.2 Å². The van der Waals surface area contributed by atoms with Crippen LogP contribution in [0.2, 0.25) is 10.0 Å². The highest BCUT2D eigenvalue weighted by Gasteiger charge is 2.36. The molecule has 26 heavy (non-hydrogen) atoms. The van der Waals surface area contributed by atoms with E-state index in [4.69, 9.17) is 28.9 Å². The second kappa shape index (κ2) is 7.43. The number of nitrogens with zero attached hydrogens (tertiary/aromatic N) is 2. The van der Waals surface area contributed by atoms with Gasteiger partial charge in [0.15, 0.2) is 0 Å². The van der Waals surface area contributed by atoms with Crippen LogP contribution in [0.1, 0.15) is 30.6 Å². The molecule has 1 unspecified atom stereocenters. The SMILES string of the molecule is CC1(C)CN(C(=O)c2cccnc2Nc2ccc(Cl)c(Cl)c2)CCC1N. The zero-order chi connectivity index (χ0) is 18.9. The van der Waals surface area contributed by atoms with Gasteiger partial charge in [0.1, 0.15) is 5.82 Å². The number of benzene rings is 1. The average Bonchev–Trinajstić information content (AvgIpc) is 2.60. The number of nitrogens with two attached hydrogens (primary N) is 1. The number of carbonyl (C=O) groups excluding carboxylic acids is 1. The lowest BCUT2D eigenvalue weighted by atomic mass is 9.79. The van der Waals surface area contributed by atoms with Crippen molar-refractivity contribution in [2.24, 2.45) is 11.1 Å².